The molecule has 2 aliphatic rings. The highest BCUT2D eigenvalue weighted by Crippen LogP contribution is 2.39. The van der Waals surface area contributed by atoms with Crippen molar-refractivity contribution in [3.05, 3.63) is 52.5 Å². The Hall–Kier alpha value is -2.40. The molecule has 0 aromatic heterocycles. The summed E-state index contributed by atoms with van der Waals surface area (Å²) < 4.78 is 16.4. The van der Waals surface area contributed by atoms with Crippen molar-refractivity contribution < 1.29 is 19.0 Å². The fraction of sp³-hybridized carbons (Fsp3) is 0.381. The molecule has 6 heteroatoms. The molecule has 0 atom stereocenters. The third-order valence-corrected chi connectivity index (χ3v) is 5.11. The first-order valence-electron chi connectivity index (χ1n) is 9.14. The Bertz CT molecular complexity index is 833. The van der Waals surface area contributed by atoms with Crippen LogP contribution in [0, 0.1) is 0 Å². The number of ether oxygens (including phenoxy) is 3. The van der Waals surface area contributed by atoms with Crippen molar-refractivity contribution in [1.29, 1.82) is 0 Å². The predicted octanol–water partition coefficient (Wildman–Crippen LogP) is 3.85. The Morgan fingerprint density at radius 2 is 1.89 bits per heavy atom. The van der Waals surface area contributed by atoms with Crippen molar-refractivity contribution in [2.75, 3.05) is 20.3 Å². The zero-order valence-electron chi connectivity index (χ0n) is 15.2. The van der Waals surface area contributed by atoms with Gasteiger partial charge < -0.3 is 19.1 Å². The lowest BCUT2D eigenvalue weighted by Gasteiger charge is -2.24. The fourth-order valence-electron chi connectivity index (χ4n) is 3.28. The van der Waals surface area contributed by atoms with Gasteiger partial charge in [0.25, 0.3) is 0 Å². The molecule has 1 amide bonds. The summed E-state index contributed by atoms with van der Waals surface area (Å²) >= 11 is 6.30. The van der Waals surface area contributed by atoms with E-state index in [1.54, 1.807) is 13.2 Å². The molecular weight excluding hydrogens is 366 g/mol. The van der Waals surface area contributed by atoms with E-state index in [2.05, 4.69) is 0 Å². The van der Waals surface area contributed by atoms with E-state index < -0.39 is 0 Å². The quantitative estimate of drug-likeness (QED) is 0.755. The minimum atomic E-state index is 0.0982. The molecule has 1 aliphatic carbocycles. The highest BCUT2D eigenvalue weighted by atomic mass is 35.5. The first-order valence-corrected chi connectivity index (χ1v) is 9.52. The van der Waals surface area contributed by atoms with E-state index in [1.807, 2.05) is 35.2 Å². The van der Waals surface area contributed by atoms with Crippen LogP contribution in [0.5, 0.6) is 17.2 Å². The van der Waals surface area contributed by atoms with E-state index in [0.29, 0.717) is 48.7 Å². The zero-order valence-corrected chi connectivity index (χ0v) is 16.0. The van der Waals surface area contributed by atoms with E-state index in [9.17, 15) is 4.79 Å². The lowest BCUT2D eigenvalue weighted by atomic mass is 10.1. The summed E-state index contributed by atoms with van der Waals surface area (Å²) in [7, 11) is 1.65. The van der Waals surface area contributed by atoms with Gasteiger partial charge in [-0.3, -0.25) is 4.79 Å². The van der Waals surface area contributed by atoms with Crippen LogP contribution in [-0.4, -0.2) is 37.2 Å². The molecule has 0 radical (unpaired) electrons. The van der Waals surface area contributed by atoms with Crippen LogP contribution in [0.2, 0.25) is 5.02 Å². The van der Waals surface area contributed by atoms with Crippen molar-refractivity contribution in [1.82, 2.24) is 4.90 Å². The summed E-state index contributed by atoms with van der Waals surface area (Å²) in [5.41, 5.74) is 1.94. The van der Waals surface area contributed by atoms with E-state index in [-0.39, 0.29) is 5.91 Å². The standard InChI is InChI=1S/C21H22ClNO4/c1-25-17-6-2-14(3-7-17)13-23(16-4-5-16)20(24)12-15-10-18(22)21-19(11-15)26-8-9-27-21/h2-3,6-7,10-11,16H,4-5,8-9,12-13H2,1H3. The van der Waals surface area contributed by atoms with Crippen molar-refractivity contribution >= 4 is 17.5 Å². The van der Waals surface area contributed by atoms with E-state index in [1.165, 1.54) is 0 Å². The molecule has 0 saturated heterocycles. The molecule has 0 unspecified atom stereocenters. The van der Waals surface area contributed by atoms with Crippen molar-refractivity contribution in [2.45, 2.75) is 31.8 Å². The Balaban J connectivity index is 1.48. The van der Waals surface area contributed by atoms with Crippen LogP contribution in [0.25, 0.3) is 0 Å². The number of hydrogen-bond donors (Lipinski definition) is 0. The molecule has 0 N–H and O–H groups in total. The van der Waals surface area contributed by atoms with Crippen LogP contribution >= 0.6 is 11.6 Å². The van der Waals surface area contributed by atoms with E-state index in [4.69, 9.17) is 25.8 Å². The second kappa shape index (κ2) is 7.69. The van der Waals surface area contributed by atoms with E-state index >= 15 is 0 Å². The van der Waals surface area contributed by atoms with Crippen LogP contribution in [0.1, 0.15) is 24.0 Å². The van der Waals surface area contributed by atoms with Gasteiger partial charge in [0.05, 0.1) is 18.6 Å². The van der Waals surface area contributed by atoms with Gasteiger partial charge in [-0.1, -0.05) is 23.7 Å². The molecule has 2 aromatic carbocycles. The molecule has 0 spiro atoms. The van der Waals surface area contributed by atoms with Gasteiger partial charge in [-0.05, 0) is 48.2 Å². The molecular formula is C21H22ClNO4. The zero-order chi connectivity index (χ0) is 18.8. The Morgan fingerprint density at radius 1 is 1.15 bits per heavy atom. The minimum absolute atomic E-state index is 0.0982. The SMILES string of the molecule is COc1ccc(CN(C(=O)Cc2cc(Cl)c3c(c2)OCCO3)C2CC2)cc1. The van der Waals surface area contributed by atoms with Gasteiger partial charge in [-0.15, -0.1) is 0 Å². The monoisotopic (exact) mass is 387 g/mol. The van der Waals surface area contributed by atoms with Gasteiger partial charge in [-0.2, -0.15) is 0 Å². The molecule has 5 nitrogen and oxygen atoms in total. The van der Waals surface area contributed by atoms with E-state index in [0.717, 1.165) is 29.7 Å². The maximum atomic E-state index is 13.0. The summed E-state index contributed by atoms with van der Waals surface area (Å²) in [6, 6.07) is 11.8. The first kappa shape index (κ1) is 18.0. The number of methoxy groups -OCH3 is 1. The maximum absolute atomic E-state index is 13.0. The number of carbonyl (C=O) groups is 1. The molecule has 2 aromatic rings. The molecule has 142 valence electrons. The van der Waals surface area contributed by atoms with Crippen LogP contribution in [-0.2, 0) is 17.8 Å². The summed E-state index contributed by atoms with van der Waals surface area (Å²) in [6.07, 6.45) is 2.41. The van der Waals surface area contributed by atoms with Gasteiger partial charge in [0.1, 0.15) is 19.0 Å². The van der Waals surface area contributed by atoms with Crippen LogP contribution in [0.4, 0.5) is 0 Å². The third kappa shape index (κ3) is 4.14. The highest BCUT2D eigenvalue weighted by Gasteiger charge is 2.32. The molecule has 1 aliphatic heterocycles. The Kier molecular flexibility index (Phi) is 5.12. The lowest BCUT2D eigenvalue weighted by molar-refractivity contribution is -0.131. The average Bonchev–Trinajstić information content (AvgIpc) is 3.51. The fourth-order valence-corrected chi connectivity index (χ4v) is 3.57. The van der Waals surface area contributed by atoms with Gasteiger partial charge in [0.15, 0.2) is 11.5 Å². The number of fused-ring (bicyclic) bond motifs is 1. The second-order valence-corrected chi connectivity index (χ2v) is 7.29. The summed E-state index contributed by atoms with van der Waals surface area (Å²) in [5.74, 6) is 2.09. The molecule has 27 heavy (non-hydrogen) atoms. The van der Waals surface area contributed by atoms with Gasteiger partial charge >= 0.3 is 0 Å². The summed E-state index contributed by atoms with van der Waals surface area (Å²) in [4.78, 5) is 15.0. The number of carbonyl (C=O) groups excluding carboxylic acids is 1. The number of rotatable bonds is 6. The number of amides is 1. The smallest absolute Gasteiger partial charge is 0.227 e. The molecule has 1 fully saturated rings. The molecule has 0 bridgehead atoms. The topological polar surface area (TPSA) is 48.0 Å². The van der Waals surface area contributed by atoms with Crippen molar-refractivity contribution in [3.63, 3.8) is 0 Å². The third-order valence-electron chi connectivity index (χ3n) is 4.83. The van der Waals surface area contributed by atoms with Crippen LogP contribution < -0.4 is 14.2 Å². The largest absolute Gasteiger partial charge is 0.497 e. The van der Waals surface area contributed by atoms with Gasteiger partial charge in [0, 0.05) is 12.6 Å². The normalized spacial score (nSPS) is 15.3. The number of hydrogen-bond acceptors (Lipinski definition) is 4. The van der Waals surface area contributed by atoms with Crippen molar-refractivity contribution in [2.24, 2.45) is 0 Å². The number of benzene rings is 2. The number of nitrogens with zero attached hydrogens (tertiary/aromatic N) is 1. The Labute approximate surface area is 163 Å². The average molecular weight is 388 g/mol. The van der Waals surface area contributed by atoms with Gasteiger partial charge in [0.2, 0.25) is 5.91 Å². The molecule has 4 rings (SSSR count). The highest BCUT2D eigenvalue weighted by molar-refractivity contribution is 6.32. The van der Waals surface area contributed by atoms with Crippen molar-refractivity contribution in [3.8, 4) is 17.2 Å². The Morgan fingerprint density at radius 3 is 2.59 bits per heavy atom. The maximum Gasteiger partial charge on any atom is 0.227 e. The molecule has 1 heterocycles. The lowest BCUT2D eigenvalue weighted by Crippen LogP contribution is -2.33. The minimum Gasteiger partial charge on any atom is -0.497 e. The first-order chi connectivity index (χ1) is 13.1. The predicted molar refractivity (Wildman–Crippen MR) is 103 cm³/mol. The summed E-state index contributed by atoms with van der Waals surface area (Å²) in [5, 5.41) is 0.489. The van der Waals surface area contributed by atoms with Gasteiger partial charge in [-0.25, -0.2) is 0 Å². The van der Waals surface area contributed by atoms with Crippen LogP contribution in [0.3, 0.4) is 0 Å². The molecule has 1 saturated carbocycles. The van der Waals surface area contributed by atoms with Crippen LogP contribution in [0.15, 0.2) is 36.4 Å². The summed E-state index contributed by atoms with van der Waals surface area (Å²) in [6.45, 7) is 1.58. The number of halogens is 1. The second-order valence-electron chi connectivity index (χ2n) is 6.88.